The molecule has 1 heterocycles. The molecule has 1 aromatic heterocycles. The molecule has 0 radical (unpaired) electrons. The maximum atomic E-state index is 11.9. The molecule has 1 aromatic rings. The van der Waals surface area contributed by atoms with Crippen LogP contribution >= 0.6 is 11.3 Å². The van der Waals surface area contributed by atoms with Crippen LogP contribution in [0, 0.1) is 0 Å². The van der Waals surface area contributed by atoms with Gasteiger partial charge in [-0.3, -0.25) is 4.79 Å². The highest BCUT2D eigenvalue weighted by Gasteiger charge is 2.17. The third kappa shape index (κ3) is 3.81. The molecule has 1 fully saturated rings. The smallest absolute Gasteiger partial charge is 0.265 e. The summed E-state index contributed by atoms with van der Waals surface area (Å²) in [6, 6.07) is 0. The summed E-state index contributed by atoms with van der Waals surface area (Å²) in [6.45, 7) is 1.05. The normalized spacial score (nSPS) is 15.6. The minimum atomic E-state index is -0.188. The average Bonchev–Trinajstić information content (AvgIpc) is 3.03. The number of amides is 1. The second-order valence-electron chi connectivity index (χ2n) is 4.52. The quantitative estimate of drug-likeness (QED) is 0.688. The van der Waals surface area contributed by atoms with Gasteiger partial charge in [-0.1, -0.05) is 24.2 Å². The zero-order valence-electron chi connectivity index (χ0n) is 11.1. The van der Waals surface area contributed by atoms with Crippen LogP contribution in [-0.4, -0.2) is 37.2 Å². The number of carbonyl (C=O) groups is 1. The molecular weight excluding hydrogens is 264 g/mol. The van der Waals surface area contributed by atoms with Crippen molar-refractivity contribution in [2.75, 3.05) is 31.2 Å². The minimum absolute atomic E-state index is 0.188. The van der Waals surface area contributed by atoms with Crippen LogP contribution in [0.25, 0.3) is 0 Å². The van der Waals surface area contributed by atoms with Crippen LogP contribution in [0.1, 0.15) is 35.4 Å². The van der Waals surface area contributed by atoms with E-state index in [1.54, 1.807) is 7.05 Å². The molecule has 7 heteroatoms. The van der Waals surface area contributed by atoms with Gasteiger partial charge in [-0.2, -0.15) is 0 Å². The summed E-state index contributed by atoms with van der Waals surface area (Å²) < 4.78 is 5.68. The predicted molar refractivity (Wildman–Crippen MR) is 76.6 cm³/mol. The Kier molecular flexibility index (Phi) is 4.98. The Morgan fingerprint density at radius 2 is 2.26 bits per heavy atom. The lowest BCUT2D eigenvalue weighted by Crippen LogP contribution is -2.28. The summed E-state index contributed by atoms with van der Waals surface area (Å²) in [5, 5.41) is 6.31. The van der Waals surface area contributed by atoms with Crippen molar-refractivity contribution in [3.63, 3.8) is 0 Å². The van der Waals surface area contributed by atoms with E-state index in [0.29, 0.717) is 29.3 Å². The molecule has 4 N–H and O–H groups in total. The number of ether oxygens (including phenoxy) is 1. The van der Waals surface area contributed by atoms with Gasteiger partial charge in [0.1, 0.15) is 10.7 Å². The lowest BCUT2D eigenvalue weighted by atomic mass is 10.3. The van der Waals surface area contributed by atoms with E-state index in [-0.39, 0.29) is 11.7 Å². The maximum absolute atomic E-state index is 11.9. The first kappa shape index (κ1) is 14.1. The number of nitrogen functional groups attached to an aromatic ring is 1. The Balaban J connectivity index is 1.72. The van der Waals surface area contributed by atoms with Crippen LogP contribution in [0.3, 0.4) is 0 Å². The van der Waals surface area contributed by atoms with E-state index >= 15 is 0 Å². The molecule has 2 rings (SSSR count). The third-order valence-corrected chi connectivity index (χ3v) is 4.20. The van der Waals surface area contributed by atoms with Crippen LogP contribution in [0.15, 0.2) is 0 Å². The van der Waals surface area contributed by atoms with Crippen LogP contribution in [-0.2, 0) is 4.74 Å². The van der Waals surface area contributed by atoms with Gasteiger partial charge in [-0.05, 0) is 12.8 Å². The largest absolute Gasteiger partial charge is 0.382 e. The van der Waals surface area contributed by atoms with Crippen molar-refractivity contribution in [2.24, 2.45) is 0 Å². The monoisotopic (exact) mass is 284 g/mol. The molecule has 0 spiro atoms. The fraction of sp³-hybridized carbons (Fsp3) is 0.667. The molecule has 106 valence electrons. The summed E-state index contributed by atoms with van der Waals surface area (Å²) >= 11 is 1.25. The number of nitrogens with zero attached hydrogens (tertiary/aromatic N) is 1. The van der Waals surface area contributed by atoms with E-state index in [1.807, 2.05) is 0 Å². The number of thiazole rings is 1. The van der Waals surface area contributed by atoms with Gasteiger partial charge in [0.2, 0.25) is 0 Å². The van der Waals surface area contributed by atoms with Crippen LogP contribution < -0.4 is 16.4 Å². The zero-order valence-corrected chi connectivity index (χ0v) is 11.9. The van der Waals surface area contributed by atoms with E-state index in [9.17, 15) is 4.79 Å². The first-order chi connectivity index (χ1) is 9.20. The van der Waals surface area contributed by atoms with Crippen LogP contribution in [0.2, 0.25) is 0 Å². The van der Waals surface area contributed by atoms with Gasteiger partial charge in [0.15, 0.2) is 5.13 Å². The van der Waals surface area contributed by atoms with E-state index in [1.165, 1.54) is 24.2 Å². The number of nitrogens with one attached hydrogen (secondary N) is 2. The predicted octanol–water partition coefficient (Wildman–Crippen LogP) is 1.46. The number of hydrogen-bond acceptors (Lipinski definition) is 6. The Labute approximate surface area is 116 Å². The summed E-state index contributed by atoms with van der Waals surface area (Å²) in [7, 11) is 1.75. The van der Waals surface area contributed by atoms with Gasteiger partial charge in [0.25, 0.3) is 5.91 Å². The number of hydrogen-bond donors (Lipinski definition) is 3. The van der Waals surface area contributed by atoms with Crippen LogP contribution in [0.5, 0.6) is 0 Å². The van der Waals surface area contributed by atoms with Gasteiger partial charge in [0.05, 0.1) is 12.7 Å². The SMILES string of the molecule is CNc1nc(N)c(C(=O)NCCOC2CCCC2)s1. The molecule has 1 saturated carbocycles. The van der Waals surface area contributed by atoms with Crippen molar-refractivity contribution in [1.29, 1.82) is 0 Å². The first-order valence-electron chi connectivity index (χ1n) is 6.54. The molecule has 0 bridgehead atoms. The van der Waals surface area contributed by atoms with Crippen LogP contribution in [0.4, 0.5) is 10.9 Å². The topological polar surface area (TPSA) is 89.3 Å². The number of carbonyl (C=O) groups excluding carboxylic acids is 1. The highest BCUT2D eigenvalue weighted by Crippen LogP contribution is 2.24. The van der Waals surface area contributed by atoms with E-state index < -0.39 is 0 Å². The van der Waals surface area contributed by atoms with Crippen molar-refractivity contribution in [3.05, 3.63) is 4.88 Å². The summed E-state index contributed by atoms with van der Waals surface area (Å²) in [6.07, 6.45) is 5.16. The van der Waals surface area contributed by atoms with Gasteiger partial charge in [-0.25, -0.2) is 4.98 Å². The number of rotatable bonds is 6. The Bertz CT molecular complexity index is 429. The Morgan fingerprint density at radius 3 is 2.89 bits per heavy atom. The van der Waals surface area contributed by atoms with Gasteiger partial charge in [0, 0.05) is 13.6 Å². The number of aromatic nitrogens is 1. The lowest BCUT2D eigenvalue weighted by Gasteiger charge is -2.11. The molecule has 0 aromatic carbocycles. The molecule has 0 saturated heterocycles. The van der Waals surface area contributed by atoms with Crippen molar-refractivity contribution >= 4 is 28.2 Å². The molecule has 0 unspecified atom stereocenters. The Morgan fingerprint density at radius 1 is 1.53 bits per heavy atom. The number of nitrogens with two attached hydrogens (primary N) is 1. The van der Waals surface area contributed by atoms with E-state index in [0.717, 1.165) is 12.8 Å². The molecule has 1 amide bonds. The summed E-state index contributed by atoms with van der Waals surface area (Å²) in [5.41, 5.74) is 5.69. The number of anilines is 2. The minimum Gasteiger partial charge on any atom is -0.382 e. The zero-order chi connectivity index (χ0) is 13.7. The molecule has 0 atom stereocenters. The molecule has 1 aliphatic carbocycles. The molecule has 1 aliphatic rings. The van der Waals surface area contributed by atoms with E-state index in [4.69, 9.17) is 10.5 Å². The van der Waals surface area contributed by atoms with E-state index in [2.05, 4.69) is 15.6 Å². The second kappa shape index (κ2) is 6.72. The fourth-order valence-electron chi connectivity index (χ4n) is 2.13. The molecule has 0 aliphatic heterocycles. The highest BCUT2D eigenvalue weighted by molar-refractivity contribution is 7.18. The van der Waals surface area contributed by atoms with Gasteiger partial charge < -0.3 is 21.1 Å². The summed E-state index contributed by atoms with van der Waals surface area (Å²) in [5.74, 6) is 0.0788. The van der Waals surface area contributed by atoms with Crippen molar-refractivity contribution in [2.45, 2.75) is 31.8 Å². The van der Waals surface area contributed by atoms with Crippen molar-refractivity contribution in [3.8, 4) is 0 Å². The van der Waals surface area contributed by atoms with Gasteiger partial charge >= 0.3 is 0 Å². The second-order valence-corrected chi connectivity index (χ2v) is 5.52. The van der Waals surface area contributed by atoms with Crippen molar-refractivity contribution < 1.29 is 9.53 Å². The van der Waals surface area contributed by atoms with Gasteiger partial charge in [-0.15, -0.1) is 0 Å². The lowest BCUT2D eigenvalue weighted by molar-refractivity contribution is 0.0582. The summed E-state index contributed by atoms with van der Waals surface area (Å²) in [4.78, 5) is 16.4. The van der Waals surface area contributed by atoms with Crippen molar-refractivity contribution in [1.82, 2.24) is 10.3 Å². The molecule has 6 nitrogen and oxygen atoms in total. The average molecular weight is 284 g/mol. The highest BCUT2D eigenvalue weighted by atomic mass is 32.1. The third-order valence-electron chi connectivity index (χ3n) is 3.12. The maximum Gasteiger partial charge on any atom is 0.265 e. The fourth-order valence-corrected chi connectivity index (χ4v) is 2.88. The standard InChI is InChI=1S/C12H20N4O2S/c1-14-12-16-10(13)9(19-12)11(17)15-6-7-18-8-4-2-3-5-8/h8H,2-7,13H2,1H3,(H,14,16)(H,15,17). The Hall–Kier alpha value is -1.34. The first-order valence-corrected chi connectivity index (χ1v) is 7.36. The molecule has 19 heavy (non-hydrogen) atoms. The molecular formula is C12H20N4O2S.